The molecule has 2 heterocycles. The van der Waals surface area contributed by atoms with Crippen LogP contribution in [0.5, 0.6) is 5.88 Å². The van der Waals surface area contributed by atoms with Gasteiger partial charge in [0.2, 0.25) is 5.88 Å². The third kappa shape index (κ3) is 2.84. The van der Waals surface area contributed by atoms with Crippen LogP contribution in [0.4, 0.5) is 0 Å². The maximum atomic E-state index is 5.30. The molecular formula is C13H16N2OS. The number of aromatic nitrogens is 1. The molecule has 3 nitrogen and oxygen atoms in total. The Morgan fingerprint density at radius 1 is 1.41 bits per heavy atom. The zero-order valence-corrected chi connectivity index (χ0v) is 10.8. The number of pyridine rings is 1. The SMILES string of the molecule is CNC(Cc1cccs1)c1cccnc1OC. The van der Waals surface area contributed by atoms with Crippen LogP contribution < -0.4 is 10.1 Å². The van der Waals surface area contributed by atoms with Gasteiger partial charge < -0.3 is 10.1 Å². The number of likely N-dealkylation sites (N-methyl/N-ethyl adjacent to an activating group) is 1. The number of ether oxygens (including phenoxy) is 1. The fourth-order valence-corrected chi connectivity index (χ4v) is 2.59. The van der Waals surface area contributed by atoms with Crippen molar-refractivity contribution in [2.24, 2.45) is 0 Å². The van der Waals surface area contributed by atoms with Gasteiger partial charge in [-0.25, -0.2) is 4.98 Å². The van der Waals surface area contributed by atoms with Gasteiger partial charge in [-0.2, -0.15) is 0 Å². The topological polar surface area (TPSA) is 34.2 Å². The Morgan fingerprint density at radius 2 is 2.29 bits per heavy atom. The highest BCUT2D eigenvalue weighted by Gasteiger charge is 2.15. The first-order chi connectivity index (χ1) is 8.35. The van der Waals surface area contributed by atoms with Gasteiger partial charge in [0.05, 0.1) is 7.11 Å². The molecule has 1 atom stereocenters. The number of nitrogens with one attached hydrogen (secondary N) is 1. The van der Waals surface area contributed by atoms with E-state index in [0.717, 1.165) is 12.0 Å². The summed E-state index contributed by atoms with van der Waals surface area (Å²) >= 11 is 1.77. The molecule has 0 saturated carbocycles. The van der Waals surface area contributed by atoms with E-state index in [4.69, 9.17) is 4.74 Å². The van der Waals surface area contributed by atoms with Crippen LogP contribution in [0.25, 0.3) is 0 Å². The second kappa shape index (κ2) is 5.80. The van der Waals surface area contributed by atoms with Crippen molar-refractivity contribution in [1.82, 2.24) is 10.3 Å². The molecule has 0 aliphatic carbocycles. The predicted octanol–water partition coefficient (Wildman–Crippen LogP) is 2.65. The fraction of sp³-hybridized carbons (Fsp3) is 0.308. The lowest BCUT2D eigenvalue weighted by atomic mass is 10.0. The average Bonchev–Trinajstić information content (AvgIpc) is 2.89. The lowest BCUT2D eigenvalue weighted by molar-refractivity contribution is 0.384. The Hall–Kier alpha value is -1.39. The standard InChI is InChI=1S/C13H16N2OS/c1-14-12(9-10-5-4-8-17-10)11-6-3-7-15-13(11)16-2/h3-8,12,14H,9H2,1-2H3. The van der Waals surface area contributed by atoms with E-state index in [1.165, 1.54) is 4.88 Å². The van der Waals surface area contributed by atoms with Crippen molar-refractivity contribution in [3.63, 3.8) is 0 Å². The predicted molar refractivity (Wildman–Crippen MR) is 70.6 cm³/mol. The molecule has 90 valence electrons. The summed E-state index contributed by atoms with van der Waals surface area (Å²) in [7, 11) is 3.62. The van der Waals surface area contributed by atoms with E-state index in [0.29, 0.717) is 5.88 Å². The van der Waals surface area contributed by atoms with Gasteiger partial charge in [-0.05, 0) is 24.6 Å². The minimum absolute atomic E-state index is 0.234. The minimum atomic E-state index is 0.234. The summed E-state index contributed by atoms with van der Waals surface area (Å²) in [6, 6.07) is 8.46. The van der Waals surface area contributed by atoms with Gasteiger partial charge in [0, 0.05) is 29.1 Å². The zero-order valence-electron chi connectivity index (χ0n) is 10.0. The van der Waals surface area contributed by atoms with Crippen molar-refractivity contribution in [2.45, 2.75) is 12.5 Å². The van der Waals surface area contributed by atoms with Gasteiger partial charge in [-0.3, -0.25) is 0 Å². The van der Waals surface area contributed by atoms with Gasteiger partial charge in [-0.15, -0.1) is 11.3 Å². The molecule has 0 spiro atoms. The molecule has 2 aromatic rings. The van der Waals surface area contributed by atoms with Gasteiger partial charge in [0.1, 0.15) is 0 Å². The molecule has 0 aliphatic heterocycles. The van der Waals surface area contributed by atoms with E-state index in [1.54, 1.807) is 24.6 Å². The van der Waals surface area contributed by atoms with Crippen LogP contribution >= 0.6 is 11.3 Å². The van der Waals surface area contributed by atoms with Crippen LogP contribution in [0.15, 0.2) is 35.8 Å². The normalized spacial score (nSPS) is 12.4. The molecule has 2 rings (SSSR count). The summed E-state index contributed by atoms with van der Waals surface area (Å²) in [5.74, 6) is 0.698. The monoisotopic (exact) mass is 248 g/mol. The summed E-state index contributed by atoms with van der Waals surface area (Å²) < 4.78 is 5.30. The summed E-state index contributed by atoms with van der Waals surface area (Å²) in [6.45, 7) is 0. The van der Waals surface area contributed by atoms with E-state index in [9.17, 15) is 0 Å². The molecule has 17 heavy (non-hydrogen) atoms. The van der Waals surface area contributed by atoms with E-state index in [-0.39, 0.29) is 6.04 Å². The van der Waals surface area contributed by atoms with Crippen LogP contribution in [0.3, 0.4) is 0 Å². The highest BCUT2D eigenvalue weighted by atomic mass is 32.1. The van der Waals surface area contributed by atoms with Gasteiger partial charge in [0.25, 0.3) is 0 Å². The summed E-state index contributed by atoms with van der Waals surface area (Å²) in [5.41, 5.74) is 1.10. The number of hydrogen-bond donors (Lipinski definition) is 1. The molecule has 0 aromatic carbocycles. The molecule has 4 heteroatoms. The first-order valence-electron chi connectivity index (χ1n) is 5.53. The number of rotatable bonds is 5. The molecule has 0 amide bonds. The van der Waals surface area contributed by atoms with Crippen molar-refractivity contribution >= 4 is 11.3 Å². The highest BCUT2D eigenvalue weighted by molar-refractivity contribution is 7.09. The largest absolute Gasteiger partial charge is 0.481 e. The maximum Gasteiger partial charge on any atom is 0.217 e. The Bertz CT molecular complexity index is 456. The van der Waals surface area contributed by atoms with Crippen molar-refractivity contribution < 1.29 is 4.74 Å². The Balaban J connectivity index is 2.22. The van der Waals surface area contributed by atoms with E-state index < -0.39 is 0 Å². The zero-order chi connectivity index (χ0) is 12.1. The van der Waals surface area contributed by atoms with Crippen molar-refractivity contribution in [3.05, 3.63) is 46.3 Å². The summed E-state index contributed by atoms with van der Waals surface area (Å²) in [5, 5.41) is 5.42. The molecule has 0 bridgehead atoms. The Morgan fingerprint density at radius 3 is 2.94 bits per heavy atom. The molecule has 1 unspecified atom stereocenters. The van der Waals surface area contributed by atoms with E-state index in [2.05, 4.69) is 33.9 Å². The number of methoxy groups -OCH3 is 1. The summed E-state index contributed by atoms with van der Waals surface area (Å²) in [6.07, 6.45) is 2.70. The third-order valence-corrected chi connectivity index (χ3v) is 3.60. The lowest BCUT2D eigenvalue weighted by Gasteiger charge is -2.17. The van der Waals surface area contributed by atoms with E-state index in [1.807, 2.05) is 13.1 Å². The van der Waals surface area contributed by atoms with Gasteiger partial charge in [-0.1, -0.05) is 12.1 Å². The van der Waals surface area contributed by atoms with Crippen LogP contribution in [0, 0.1) is 0 Å². The van der Waals surface area contributed by atoms with Gasteiger partial charge >= 0.3 is 0 Å². The molecule has 2 aromatic heterocycles. The van der Waals surface area contributed by atoms with E-state index >= 15 is 0 Å². The fourth-order valence-electron chi connectivity index (χ4n) is 1.84. The highest BCUT2D eigenvalue weighted by Crippen LogP contribution is 2.26. The van der Waals surface area contributed by atoms with Crippen LogP contribution in [0.1, 0.15) is 16.5 Å². The summed E-state index contributed by atoms with van der Waals surface area (Å²) in [4.78, 5) is 5.59. The average molecular weight is 248 g/mol. The van der Waals surface area contributed by atoms with Crippen LogP contribution in [-0.4, -0.2) is 19.1 Å². The quantitative estimate of drug-likeness (QED) is 0.883. The molecular weight excluding hydrogens is 232 g/mol. The number of hydrogen-bond acceptors (Lipinski definition) is 4. The maximum absolute atomic E-state index is 5.30. The second-order valence-corrected chi connectivity index (χ2v) is 4.76. The second-order valence-electron chi connectivity index (χ2n) is 3.73. The molecule has 0 radical (unpaired) electrons. The number of nitrogens with zero attached hydrogens (tertiary/aromatic N) is 1. The van der Waals surface area contributed by atoms with Crippen molar-refractivity contribution in [1.29, 1.82) is 0 Å². The van der Waals surface area contributed by atoms with Crippen molar-refractivity contribution in [2.75, 3.05) is 14.2 Å². The Kier molecular flexibility index (Phi) is 4.12. The molecule has 0 fully saturated rings. The first-order valence-corrected chi connectivity index (χ1v) is 6.41. The van der Waals surface area contributed by atoms with Gasteiger partial charge in [0.15, 0.2) is 0 Å². The van der Waals surface area contributed by atoms with Crippen LogP contribution in [-0.2, 0) is 6.42 Å². The first kappa shape index (κ1) is 12.1. The minimum Gasteiger partial charge on any atom is -0.481 e. The number of thiophene rings is 1. The Labute approximate surface area is 105 Å². The van der Waals surface area contributed by atoms with Crippen LogP contribution in [0.2, 0.25) is 0 Å². The molecule has 1 N–H and O–H groups in total. The third-order valence-electron chi connectivity index (χ3n) is 2.70. The molecule has 0 aliphatic rings. The molecule has 0 saturated heterocycles. The smallest absolute Gasteiger partial charge is 0.217 e. The van der Waals surface area contributed by atoms with Crippen molar-refractivity contribution in [3.8, 4) is 5.88 Å². The lowest BCUT2D eigenvalue weighted by Crippen LogP contribution is -2.19.